The second-order valence-electron chi connectivity index (χ2n) is 3.95. The normalized spacial score (nSPS) is 11.6. The second kappa shape index (κ2) is 6.27. The van der Waals surface area contributed by atoms with E-state index >= 15 is 0 Å². The molecular weight excluding hydrogens is 382 g/mol. The van der Waals surface area contributed by atoms with Gasteiger partial charge in [-0.2, -0.15) is 0 Å². The first kappa shape index (κ1) is 15.5. The van der Waals surface area contributed by atoms with Crippen LogP contribution in [-0.4, -0.2) is 21.2 Å². The molecule has 0 radical (unpaired) electrons. The molecule has 3 N–H and O–H groups in total. The summed E-state index contributed by atoms with van der Waals surface area (Å²) in [5.41, 5.74) is 6.49. The Hall–Kier alpha value is -0.872. The summed E-state index contributed by atoms with van der Waals surface area (Å²) in [7, 11) is 8.10. The van der Waals surface area contributed by atoms with Gasteiger partial charge in [-0.15, -0.1) is 0 Å². The fourth-order valence-electron chi connectivity index (χ4n) is 1.50. The van der Waals surface area contributed by atoms with Gasteiger partial charge >= 0.3 is 131 Å². The van der Waals surface area contributed by atoms with Gasteiger partial charge in [0.25, 0.3) is 0 Å². The monoisotopic (exact) mass is 392 g/mol. The summed E-state index contributed by atoms with van der Waals surface area (Å²) in [6, 6.07) is 12.7. The maximum absolute atomic E-state index is 12.1. The predicted octanol–water partition coefficient (Wildman–Crippen LogP) is 2.24. The molecule has 0 saturated heterocycles. The van der Waals surface area contributed by atoms with Crippen LogP contribution in [0.3, 0.4) is 0 Å². The number of rotatable bonds is 4. The van der Waals surface area contributed by atoms with Crippen molar-refractivity contribution in [3.05, 3.63) is 48.5 Å². The molecule has 0 amide bonds. The number of benzene rings is 2. The molecule has 4 nitrogen and oxygen atoms in total. The Labute approximate surface area is 130 Å². The number of halogens is 2. The van der Waals surface area contributed by atoms with Crippen LogP contribution < -0.4 is 14.8 Å². The summed E-state index contributed by atoms with van der Waals surface area (Å²) < 4.78 is 27.6. The van der Waals surface area contributed by atoms with Crippen LogP contribution in [0.4, 0.5) is 11.4 Å². The third-order valence-electron chi connectivity index (χ3n) is 2.51. The van der Waals surface area contributed by atoms with Gasteiger partial charge in [0.1, 0.15) is 0 Å². The van der Waals surface area contributed by atoms with E-state index in [1.807, 2.05) is 0 Å². The minimum atomic E-state index is -3.62. The molecule has 20 heavy (non-hydrogen) atoms. The van der Waals surface area contributed by atoms with E-state index in [-0.39, 0.29) is 4.90 Å². The van der Waals surface area contributed by atoms with Crippen molar-refractivity contribution in [3.8, 4) is 0 Å². The van der Waals surface area contributed by atoms with Crippen molar-refractivity contribution in [3.63, 3.8) is 0 Å². The molecule has 0 bridgehead atoms. The third kappa shape index (κ3) is 3.83. The van der Waals surface area contributed by atoms with Crippen molar-refractivity contribution >= 4 is 58.4 Å². The second-order valence-corrected chi connectivity index (χ2v) is 12.1. The molecule has 106 valence electrons. The summed E-state index contributed by atoms with van der Waals surface area (Å²) in [5, 5.41) is 0. The summed E-state index contributed by atoms with van der Waals surface area (Å²) >= 11 is -1.98. The predicted molar refractivity (Wildman–Crippen MR) is 85.2 cm³/mol. The zero-order valence-corrected chi connectivity index (χ0v) is 14.3. The molecule has 0 aliphatic rings. The Morgan fingerprint density at radius 2 is 1.50 bits per heavy atom. The number of hydrogen-bond donors (Lipinski definition) is 2. The fraction of sp³-hybridized carbons (Fsp3) is 0. The number of hydrogen-bond acceptors (Lipinski definition) is 3. The van der Waals surface area contributed by atoms with Crippen LogP contribution in [-0.2, 0) is 10.0 Å². The molecule has 0 saturated carbocycles. The van der Waals surface area contributed by atoms with Crippen LogP contribution in [0.2, 0.25) is 0 Å². The molecule has 0 heterocycles. The molecule has 0 aromatic heterocycles. The molecule has 0 aliphatic heterocycles. The first-order chi connectivity index (χ1) is 9.38. The van der Waals surface area contributed by atoms with Gasteiger partial charge in [-0.3, -0.25) is 0 Å². The first-order valence-electron chi connectivity index (χ1n) is 5.48. The van der Waals surface area contributed by atoms with Crippen molar-refractivity contribution in [1.29, 1.82) is 0 Å². The molecule has 2 aromatic carbocycles. The maximum atomic E-state index is 12.1. The zero-order valence-electron chi connectivity index (χ0n) is 10.1. The zero-order chi connectivity index (χ0) is 14.8. The third-order valence-corrected chi connectivity index (χ3v) is 7.38. The van der Waals surface area contributed by atoms with Crippen molar-refractivity contribution in [2.45, 2.75) is 4.90 Å². The Balaban J connectivity index is 2.22. The molecule has 0 unspecified atom stereocenters. The number of anilines is 2. The molecule has 2 aromatic rings. The Morgan fingerprint density at radius 3 is 2.00 bits per heavy atom. The van der Waals surface area contributed by atoms with Gasteiger partial charge in [-0.25, -0.2) is 0 Å². The van der Waals surface area contributed by atoms with E-state index in [1.54, 1.807) is 24.3 Å². The van der Waals surface area contributed by atoms with Gasteiger partial charge in [-0.1, -0.05) is 0 Å². The van der Waals surface area contributed by atoms with E-state index in [1.165, 1.54) is 24.3 Å². The van der Waals surface area contributed by atoms with Crippen LogP contribution in [0, 0.1) is 0 Å². The van der Waals surface area contributed by atoms with Gasteiger partial charge in [0.15, 0.2) is 0 Å². The van der Waals surface area contributed by atoms with E-state index in [0.717, 1.165) is 4.35 Å². The Kier molecular flexibility index (Phi) is 4.86. The quantitative estimate of drug-likeness (QED) is 0.619. The molecule has 2 rings (SSSR count). The molecule has 0 aliphatic carbocycles. The van der Waals surface area contributed by atoms with Gasteiger partial charge in [-0.05, 0) is 0 Å². The van der Waals surface area contributed by atoms with Crippen molar-refractivity contribution in [2.75, 3.05) is 10.5 Å². The van der Waals surface area contributed by atoms with E-state index in [4.69, 9.17) is 25.6 Å². The number of nitrogens with two attached hydrogens (primary N) is 1. The SMILES string of the molecule is Nc1ccc(S(=O)(=O)Nc2ccc([As](Cl)Cl)cc2)cc1. The topological polar surface area (TPSA) is 72.2 Å². The summed E-state index contributed by atoms with van der Waals surface area (Å²) in [6.45, 7) is 0. The molecular formula is C12H11AsCl2N2O2S. The van der Waals surface area contributed by atoms with Crippen LogP contribution >= 0.6 is 19.9 Å². The van der Waals surface area contributed by atoms with Gasteiger partial charge in [0.05, 0.1) is 0 Å². The van der Waals surface area contributed by atoms with Gasteiger partial charge in [0, 0.05) is 0 Å². The van der Waals surface area contributed by atoms with Crippen LogP contribution in [0.15, 0.2) is 53.4 Å². The van der Waals surface area contributed by atoms with Crippen molar-refractivity contribution in [2.24, 2.45) is 0 Å². The van der Waals surface area contributed by atoms with E-state index in [0.29, 0.717) is 11.4 Å². The number of nitrogen functional groups attached to an aromatic ring is 1. The summed E-state index contributed by atoms with van der Waals surface area (Å²) in [5.74, 6) is 0. The average Bonchev–Trinajstić information content (AvgIpc) is 2.39. The number of nitrogens with one attached hydrogen (secondary N) is 1. The molecule has 0 fully saturated rings. The van der Waals surface area contributed by atoms with Crippen molar-refractivity contribution in [1.82, 2.24) is 0 Å². The molecule has 8 heteroatoms. The summed E-state index contributed by atoms with van der Waals surface area (Å²) in [6.07, 6.45) is 0. The minimum absolute atomic E-state index is 0.151. The summed E-state index contributed by atoms with van der Waals surface area (Å²) in [4.78, 5) is 0.151. The molecule has 0 spiro atoms. The number of sulfonamides is 1. The van der Waals surface area contributed by atoms with Crippen molar-refractivity contribution < 1.29 is 8.42 Å². The average molecular weight is 393 g/mol. The van der Waals surface area contributed by atoms with Crippen LogP contribution in [0.5, 0.6) is 0 Å². The Bertz CT molecular complexity index is 688. The van der Waals surface area contributed by atoms with E-state index in [2.05, 4.69) is 4.72 Å². The van der Waals surface area contributed by atoms with E-state index in [9.17, 15) is 8.42 Å². The van der Waals surface area contributed by atoms with Gasteiger partial charge < -0.3 is 0 Å². The van der Waals surface area contributed by atoms with Gasteiger partial charge in [0.2, 0.25) is 0 Å². The molecule has 0 atom stereocenters. The Morgan fingerprint density at radius 1 is 0.950 bits per heavy atom. The fourth-order valence-corrected chi connectivity index (χ4v) is 4.52. The first-order valence-corrected chi connectivity index (χ1v) is 12.8. The van der Waals surface area contributed by atoms with E-state index < -0.39 is 22.8 Å². The van der Waals surface area contributed by atoms with Crippen LogP contribution in [0.1, 0.15) is 0 Å². The standard InChI is InChI=1S/C12H11AsCl2N2O2S/c14-13(15)9-1-5-11(6-2-9)17-20(18,19)12-7-3-10(16)4-8-12/h1-8,17H,16H2. The van der Waals surface area contributed by atoms with Crippen LogP contribution in [0.25, 0.3) is 0 Å².